The highest BCUT2D eigenvalue weighted by molar-refractivity contribution is 5.85. The fraction of sp³-hybridized carbons (Fsp3) is 1.00. The maximum absolute atomic E-state index is 5.05. The first-order valence-corrected chi connectivity index (χ1v) is 2.87. The lowest BCUT2D eigenvalue weighted by Crippen LogP contribution is -2.23. The van der Waals surface area contributed by atoms with E-state index in [9.17, 15) is 0 Å². The first-order valence-electron chi connectivity index (χ1n) is 2.87. The standard InChI is InChI=1S/C5H12N2.ClH/c6-7-4-3-5-1-2-5;/h5,7H,1-4,6H2;1H. The third-order valence-corrected chi connectivity index (χ3v) is 1.39. The lowest BCUT2D eigenvalue weighted by atomic mass is 10.3. The summed E-state index contributed by atoms with van der Waals surface area (Å²) in [7, 11) is 0. The Morgan fingerprint density at radius 3 is 2.50 bits per heavy atom. The number of nitrogens with one attached hydrogen (secondary N) is 1. The summed E-state index contributed by atoms with van der Waals surface area (Å²) >= 11 is 0. The highest BCUT2D eigenvalue weighted by atomic mass is 35.5. The van der Waals surface area contributed by atoms with Gasteiger partial charge < -0.3 is 0 Å². The first kappa shape index (κ1) is 8.21. The summed E-state index contributed by atoms with van der Waals surface area (Å²) in [6.45, 7) is 0.991. The lowest BCUT2D eigenvalue weighted by Gasteiger charge is -1.91. The second-order valence-electron chi connectivity index (χ2n) is 2.19. The number of nitrogens with two attached hydrogens (primary N) is 1. The van der Waals surface area contributed by atoms with Gasteiger partial charge in [-0.25, -0.2) is 0 Å². The number of rotatable bonds is 3. The van der Waals surface area contributed by atoms with Gasteiger partial charge in [0.05, 0.1) is 0 Å². The quantitative estimate of drug-likeness (QED) is 0.442. The van der Waals surface area contributed by atoms with E-state index in [1.165, 1.54) is 19.3 Å². The van der Waals surface area contributed by atoms with E-state index < -0.39 is 0 Å². The molecule has 0 saturated heterocycles. The summed E-state index contributed by atoms with van der Waals surface area (Å²) < 4.78 is 0. The fourth-order valence-electron chi connectivity index (χ4n) is 0.694. The van der Waals surface area contributed by atoms with Crippen molar-refractivity contribution in [3.63, 3.8) is 0 Å². The van der Waals surface area contributed by atoms with E-state index in [-0.39, 0.29) is 12.4 Å². The molecule has 1 rings (SSSR count). The third-order valence-electron chi connectivity index (χ3n) is 1.39. The maximum atomic E-state index is 5.05. The topological polar surface area (TPSA) is 38.0 Å². The minimum absolute atomic E-state index is 0. The largest absolute Gasteiger partial charge is 0.271 e. The van der Waals surface area contributed by atoms with Gasteiger partial charge in [0.25, 0.3) is 0 Å². The molecule has 0 spiro atoms. The molecule has 50 valence electrons. The average Bonchev–Trinajstić information content (AvgIpc) is 2.42. The van der Waals surface area contributed by atoms with Crippen molar-refractivity contribution in [1.82, 2.24) is 5.43 Å². The Morgan fingerprint density at radius 1 is 1.50 bits per heavy atom. The summed E-state index contributed by atoms with van der Waals surface area (Å²) in [5, 5.41) is 0. The molecule has 0 aromatic heterocycles. The Balaban J connectivity index is 0.000000490. The van der Waals surface area contributed by atoms with Crippen LogP contribution in [0.3, 0.4) is 0 Å². The van der Waals surface area contributed by atoms with Crippen molar-refractivity contribution in [3.8, 4) is 0 Å². The molecule has 3 N–H and O–H groups in total. The van der Waals surface area contributed by atoms with Crippen LogP contribution in [-0.2, 0) is 0 Å². The normalized spacial score (nSPS) is 17.6. The van der Waals surface area contributed by atoms with E-state index in [1.807, 2.05) is 0 Å². The molecule has 1 fully saturated rings. The molecular formula is C5H13ClN2. The van der Waals surface area contributed by atoms with Crippen LogP contribution in [0.1, 0.15) is 19.3 Å². The zero-order chi connectivity index (χ0) is 5.11. The van der Waals surface area contributed by atoms with Gasteiger partial charge in [-0.3, -0.25) is 11.3 Å². The lowest BCUT2D eigenvalue weighted by molar-refractivity contribution is 0.634. The predicted octanol–water partition coefficient (Wildman–Crippen LogP) is 0.672. The Morgan fingerprint density at radius 2 is 2.12 bits per heavy atom. The van der Waals surface area contributed by atoms with Gasteiger partial charge in [-0.15, -0.1) is 12.4 Å². The molecule has 0 aliphatic heterocycles. The molecule has 0 unspecified atom stereocenters. The van der Waals surface area contributed by atoms with Crippen molar-refractivity contribution in [3.05, 3.63) is 0 Å². The highest BCUT2D eigenvalue weighted by Crippen LogP contribution is 2.31. The van der Waals surface area contributed by atoms with Crippen LogP contribution >= 0.6 is 12.4 Å². The Bertz CT molecular complexity index is 54.4. The summed E-state index contributed by atoms with van der Waals surface area (Å²) in [6, 6.07) is 0. The van der Waals surface area contributed by atoms with Gasteiger partial charge in [0.1, 0.15) is 0 Å². The molecule has 0 bridgehead atoms. The summed E-state index contributed by atoms with van der Waals surface area (Å²) in [4.78, 5) is 0. The van der Waals surface area contributed by atoms with E-state index in [0.29, 0.717) is 0 Å². The number of halogens is 1. The molecule has 0 atom stereocenters. The Hall–Kier alpha value is 0.210. The molecule has 0 radical (unpaired) electrons. The monoisotopic (exact) mass is 136 g/mol. The van der Waals surface area contributed by atoms with E-state index in [4.69, 9.17) is 5.84 Å². The molecule has 1 aliphatic rings. The van der Waals surface area contributed by atoms with Crippen molar-refractivity contribution in [2.75, 3.05) is 6.54 Å². The van der Waals surface area contributed by atoms with Gasteiger partial charge in [0.15, 0.2) is 0 Å². The third kappa shape index (κ3) is 3.24. The molecular weight excluding hydrogens is 124 g/mol. The van der Waals surface area contributed by atoms with Crippen LogP contribution < -0.4 is 11.3 Å². The van der Waals surface area contributed by atoms with Gasteiger partial charge in [-0.05, 0) is 12.3 Å². The molecule has 8 heavy (non-hydrogen) atoms. The molecule has 0 aromatic carbocycles. The average molecular weight is 137 g/mol. The van der Waals surface area contributed by atoms with Crippen LogP contribution in [-0.4, -0.2) is 6.54 Å². The maximum Gasteiger partial charge on any atom is 0.01000 e. The van der Waals surface area contributed by atoms with Crippen LogP contribution in [0.4, 0.5) is 0 Å². The zero-order valence-electron chi connectivity index (χ0n) is 4.89. The Labute approximate surface area is 56.2 Å². The van der Waals surface area contributed by atoms with Gasteiger partial charge >= 0.3 is 0 Å². The van der Waals surface area contributed by atoms with Crippen LogP contribution in [0, 0.1) is 5.92 Å². The van der Waals surface area contributed by atoms with E-state index >= 15 is 0 Å². The summed E-state index contributed by atoms with van der Waals surface area (Å²) in [6.07, 6.45) is 4.14. The molecule has 0 amide bonds. The van der Waals surface area contributed by atoms with Crippen LogP contribution in [0.2, 0.25) is 0 Å². The minimum Gasteiger partial charge on any atom is -0.271 e. The summed E-state index contributed by atoms with van der Waals surface area (Å²) in [5.74, 6) is 6.06. The van der Waals surface area contributed by atoms with E-state index in [1.54, 1.807) is 0 Å². The fourth-order valence-corrected chi connectivity index (χ4v) is 0.694. The van der Waals surface area contributed by atoms with Crippen molar-refractivity contribution < 1.29 is 0 Å². The molecule has 0 heterocycles. The number of hydrazine groups is 1. The minimum atomic E-state index is 0. The van der Waals surface area contributed by atoms with Gasteiger partial charge in [0, 0.05) is 6.54 Å². The van der Waals surface area contributed by atoms with Gasteiger partial charge in [-0.2, -0.15) is 0 Å². The van der Waals surface area contributed by atoms with Crippen molar-refractivity contribution in [2.45, 2.75) is 19.3 Å². The van der Waals surface area contributed by atoms with Gasteiger partial charge in [-0.1, -0.05) is 12.8 Å². The number of hydrogen-bond acceptors (Lipinski definition) is 2. The molecule has 3 heteroatoms. The first-order chi connectivity index (χ1) is 3.43. The zero-order valence-corrected chi connectivity index (χ0v) is 5.71. The van der Waals surface area contributed by atoms with Crippen LogP contribution in [0.25, 0.3) is 0 Å². The highest BCUT2D eigenvalue weighted by Gasteiger charge is 2.19. The second kappa shape index (κ2) is 4.13. The van der Waals surface area contributed by atoms with E-state index in [0.717, 1.165) is 12.5 Å². The summed E-state index contributed by atoms with van der Waals surface area (Å²) in [5.41, 5.74) is 2.64. The molecule has 0 aromatic rings. The smallest absolute Gasteiger partial charge is 0.01000 e. The van der Waals surface area contributed by atoms with E-state index in [2.05, 4.69) is 5.43 Å². The molecule has 1 aliphatic carbocycles. The SMILES string of the molecule is Cl.NNCCC1CC1. The van der Waals surface area contributed by atoms with Crippen molar-refractivity contribution in [2.24, 2.45) is 11.8 Å². The molecule has 2 nitrogen and oxygen atoms in total. The number of hydrogen-bond donors (Lipinski definition) is 2. The predicted molar refractivity (Wildman–Crippen MR) is 36.8 cm³/mol. The molecule has 1 saturated carbocycles. The van der Waals surface area contributed by atoms with Crippen LogP contribution in [0.15, 0.2) is 0 Å². The Kier molecular flexibility index (Phi) is 4.23. The van der Waals surface area contributed by atoms with Crippen LogP contribution in [0.5, 0.6) is 0 Å². The second-order valence-corrected chi connectivity index (χ2v) is 2.19. The van der Waals surface area contributed by atoms with Crippen molar-refractivity contribution >= 4 is 12.4 Å². The van der Waals surface area contributed by atoms with Gasteiger partial charge in [0.2, 0.25) is 0 Å². The van der Waals surface area contributed by atoms with Crippen molar-refractivity contribution in [1.29, 1.82) is 0 Å².